The summed E-state index contributed by atoms with van der Waals surface area (Å²) in [6, 6.07) is 2.17. The molecule has 0 unspecified atom stereocenters. The van der Waals surface area contributed by atoms with Gasteiger partial charge in [0.05, 0.1) is 10.6 Å². The minimum Gasteiger partial charge on any atom is -0.390 e. The van der Waals surface area contributed by atoms with Crippen LogP contribution in [0.5, 0.6) is 0 Å². The highest BCUT2D eigenvalue weighted by Gasteiger charge is 2.19. The van der Waals surface area contributed by atoms with E-state index >= 15 is 0 Å². The molecular weight excluding hydrogens is 244 g/mol. The van der Waals surface area contributed by atoms with Gasteiger partial charge in [-0.05, 0) is 25.3 Å². The molecule has 1 aliphatic rings. The molecule has 4 nitrogen and oxygen atoms in total. The molecule has 1 aliphatic heterocycles. The summed E-state index contributed by atoms with van der Waals surface area (Å²) in [6.45, 7) is 3.17. The molecule has 0 spiro atoms. The van der Waals surface area contributed by atoms with E-state index in [0.717, 1.165) is 41.6 Å². The zero-order valence-corrected chi connectivity index (χ0v) is 11.5. The fraction of sp³-hybridized carbons (Fsp3) is 0.538. The molecule has 96 valence electrons. The molecule has 3 rings (SSSR count). The van der Waals surface area contributed by atoms with E-state index in [1.54, 1.807) is 11.3 Å². The minimum absolute atomic E-state index is 0.867. The van der Waals surface area contributed by atoms with Crippen LogP contribution in [-0.2, 0) is 19.4 Å². The number of rotatable bonds is 2. The van der Waals surface area contributed by atoms with Crippen molar-refractivity contribution >= 4 is 16.3 Å². The van der Waals surface area contributed by atoms with Gasteiger partial charge in [0.2, 0.25) is 0 Å². The van der Waals surface area contributed by atoms with Crippen LogP contribution in [0.15, 0.2) is 6.07 Å². The van der Waals surface area contributed by atoms with E-state index in [-0.39, 0.29) is 0 Å². The number of anilines is 1. The van der Waals surface area contributed by atoms with Crippen molar-refractivity contribution in [3.63, 3.8) is 0 Å². The molecule has 0 amide bonds. The molecule has 0 radical (unpaired) electrons. The Bertz CT molecular complexity index is 555. The van der Waals surface area contributed by atoms with Gasteiger partial charge in [-0.25, -0.2) is 0 Å². The summed E-state index contributed by atoms with van der Waals surface area (Å²) in [6.07, 6.45) is 5.77. The third kappa shape index (κ3) is 1.92. The maximum Gasteiger partial charge on any atom is 0.166 e. The number of aromatic nitrogens is 3. The lowest BCUT2D eigenvalue weighted by Gasteiger charge is -2.05. The Hall–Kier alpha value is -1.36. The number of hydrogen-bond acceptors (Lipinski definition) is 4. The SMILES string of the molecule is CCc1cc(-c2nnc3n2CCCCC3)c(N)s1. The Labute approximate surface area is 111 Å². The summed E-state index contributed by atoms with van der Waals surface area (Å²) < 4.78 is 2.25. The molecule has 2 aromatic rings. The highest BCUT2D eigenvalue weighted by Crippen LogP contribution is 2.34. The molecule has 0 bridgehead atoms. The molecule has 0 saturated carbocycles. The Balaban J connectivity index is 2.06. The molecule has 2 aromatic heterocycles. The van der Waals surface area contributed by atoms with Crippen molar-refractivity contribution in [3.05, 3.63) is 16.8 Å². The molecule has 0 aliphatic carbocycles. The van der Waals surface area contributed by atoms with Crippen LogP contribution in [0.3, 0.4) is 0 Å². The van der Waals surface area contributed by atoms with Crippen molar-refractivity contribution in [1.29, 1.82) is 0 Å². The summed E-state index contributed by atoms with van der Waals surface area (Å²) in [5.41, 5.74) is 7.18. The molecule has 5 heteroatoms. The number of nitrogen functional groups attached to an aromatic ring is 1. The van der Waals surface area contributed by atoms with Crippen LogP contribution in [0.2, 0.25) is 0 Å². The lowest BCUT2D eigenvalue weighted by molar-refractivity contribution is 0.637. The van der Waals surface area contributed by atoms with Crippen LogP contribution < -0.4 is 5.73 Å². The minimum atomic E-state index is 0.867. The summed E-state index contributed by atoms with van der Waals surface area (Å²) in [5.74, 6) is 2.08. The maximum atomic E-state index is 6.12. The van der Waals surface area contributed by atoms with Crippen molar-refractivity contribution in [2.75, 3.05) is 5.73 Å². The summed E-state index contributed by atoms with van der Waals surface area (Å²) >= 11 is 1.67. The molecule has 0 saturated heterocycles. The second-order valence-corrected chi connectivity index (χ2v) is 5.91. The Morgan fingerprint density at radius 1 is 1.33 bits per heavy atom. The van der Waals surface area contributed by atoms with Crippen molar-refractivity contribution < 1.29 is 0 Å². The van der Waals surface area contributed by atoms with Gasteiger partial charge in [-0.2, -0.15) is 0 Å². The molecule has 18 heavy (non-hydrogen) atoms. The Morgan fingerprint density at radius 2 is 2.22 bits per heavy atom. The number of hydrogen-bond donors (Lipinski definition) is 1. The third-order valence-electron chi connectivity index (χ3n) is 3.51. The van der Waals surface area contributed by atoms with Gasteiger partial charge < -0.3 is 10.3 Å². The number of aryl methyl sites for hydroxylation is 2. The Morgan fingerprint density at radius 3 is 3.00 bits per heavy atom. The van der Waals surface area contributed by atoms with Gasteiger partial charge in [0, 0.05) is 17.8 Å². The van der Waals surface area contributed by atoms with Gasteiger partial charge in [0.15, 0.2) is 5.82 Å². The molecular formula is C13H18N4S. The van der Waals surface area contributed by atoms with Crippen molar-refractivity contribution in [1.82, 2.24) is 14.8 Å². The smallest absolute Gasteiger partial charge is 0.166 e. The second-order valence-electron chi connectivity index (χ2n) is 4.75. The molecule has 3 heterocycles. The van der Waals surface area contributed by atoms with Crippen molar-refractivity contribution in [2.24, 2.45) is 0 Å². The largest absolute Gasteiger partial charge is 0.390 e. The fourth-order valence-electron chi connectivity index (χ4n) is 2.49. The summed E-state index contributed by atoms with van der Waals surface area (Å²) in [4.78, 5) is 1.31. The Kier molecular flexibility index (Phi) is 3.07. The highest BCUT2D eigenvalue weighted by molar-refractivity contribution is 7.16. The van der Waals surface area contributed by atoms with E-state index in [4.69, 9.17) is 5.73 Å². The van der Waals surface area contributed by atoms with Crippen molar-refractivity contribution in [3.8, 4) is 11.4 Å². The van der Waals surface area contributed by atoms with E-state index in [0.29, 0.717) is 0 Å². The van der Waals surface area contributed by atoms with Crippen molar-refractivity contribution in [2.45, 2.75) is 45.6 Å². The first-order valence-electron chi connectivity index (χ1n) is 6.60. The van der Waals surface area contributed by atoms with E-state index in [1.165, 1.54) is 24.1 Å². The van der Waals surface area contributed by atoms with E-state index in [9.17, 15) is 0 Å². The number of thiophene rings is 1. The predicted octanol–water partition coefficient (Wildman–Crippen LogP) is 2.88. The van der Waals surface area contributed by atoms with Gasteiger partial charge in [-0.15, -0.1) is 21.5 Å². The normalized spacial score (nSPS) is 15.4. The average molecular weight is 262 g/mol. The van der Waals surface area contributed by atoms with Gasteiger partial charge in [-0.1, -0.05) is 13.3 Å². The molecule has 0 atom stereocenters. The van der Waals surface area contributed by atoms with Crippen LogP contribution in [0, 0.1) is 0 Å². The van der Waals surface area contributed by atoms with Crippen LogP contribution in [0.4, 0.5) is 5.00 Å². The molecule has 0 fully saturated rings. The topological polar surface area (TPSA) is 56.7 Å². The van der Waals surface area contributed by atoms with Gasteiger partial charge in [0.1, 0.15) is 5.82 Å². The first kappa shape index (κ1) is 11.7. The molecule has 0 aromatic carbocycles. The van der Waals surface area contributed by atoms with Gasteiger partial charge in [0.25, 0.3) is 0 Å². The monoisotopic (exact) mass is 262 g/mol. The van der Waals surface area contributed by atoms with Gasteiger partial charge >= 0.3 is 0 Å². The molecule has 2 N–H and O–H groups in total. The van der Waals surface area contributed by atoms with Gasteiger partial charge in [-0.3, -0.25) is 0 Å². The summed E-state index contributed by atoms with van der Waals surface area (Å²) in [5, 5.41) is 9.56. The maximum absolute atomic E-state index is 6.12. The third-order valence-corrected chi connectivity index (χ3v) is 4.62. The predicted molar refractivity (Wildman–Crippen MR) is 74.7 cm³/mol. The van der Waals surface area contributed by atoms with Crippen LogP contribution in [0.1, 0.15) is 36.9 Å². The number of nitrogens with two attached hydrogens (primary N) is 1. The highest BCUT2D eigenvalue weighted by atomic mass is 32.1. The van der Waals surface area contributed by atoms with Crippen LogP contribution in [-0.4, -0.2) is 14.8 Å². The first-order valence-corrected chi connectivity index (χ1v) is 7.42. The van der Waals surface area contributed by atoms with E-state index in [1.807, 2.05) is 0 Å². The fourth-order valence-corrected chi connectivity index (χ4v) is 3.35. The number of fused-ring (bicyclic) bond motifs is 1. The second kappa shape index (κ2) is 4.72. The lowest BCUT2D eigenvalue weighted by atomic mass is 10.2. The summed E-state index contributed by atoms with van der Waals surface area (Å²) in [7, 11) is 0. The average Bonchev–Trinajstić information content (AvgIpc) is 2.85. The zero-order valence-electron chi connectivity index (χ0n) is 10.6. The quantitative estimate of drug-likeness (QED) is 0.905. The lowest BCUT2D eigenvalue weighted by Crippen LogP contribution is -2.03. The van der Waals surface area contributed by atoms with E-state index < -0.39 is 0 Å². The van der Waals surface area contributed by atoms with E-state index in [2.05, 4.69) is 27.8 Å². The zero-order chi connectivity index (χ0) is 12.5. The van der Waals surface area contributed by atoms with Crippen LogP contribution in [0.25, 0.3) is 11.4 Å². The first-order chi connectivity index (χ1) is 8.79. The number of nitrogens with zero attached hydrogens (tertiary/aromatic N) is 3. The van der Waals surface area contributed by atoms with Crippen LogP contribution >= 0.6 is 11.3 Å². The standard InChI is InChI=1S/C13H18N4S/c1-2-9-8-10(12(14)18-9)13-16-15-11-6-4-3-5-7-17(11)13/h8H,2-7,14H2,1H3.